The minimum absolute atomic E-state index is 0.0760. The summed E-state index contributed by atoms with van der Waals surface area (Å²) in [4.78, 5) is 28.6. The third kappa shape index (κ3) is 3.08. The summed E-state index contributed by atoms with van der Waals surface area (Å²) in [5.74, 6) is -2.40. The Morgan fingerprint density at radius 2 is 2.10 bits per heavy atom. The van der Waals surface area contributed by atoms with E-state index in [1.807, 2.05) is 0 Å². The van der Waals surface area contributed by atoms with Crippen molar-refractivity contribution in [2.75, 3.05) is 7.11 Å². The fourth-order valence-electron chi connectivity index (χ4n) is 1.43. The fourth-order valence-corrected chi connectivity index (χ4v) is 1.43. The van der Waals surface area contributed by atoms with Gasteiger partial charge in [0.05, 0.1) is 24.4 Å². The van der Waals surface area contributed by atoms with Crippen LogP contribution in [0.4, 0.5) is 10.1 Å². The largest absolute Gasteiger partial charge is 0.464 e. The number of methoxy groups -OCH3 is 1. The molecule has 1 aromatic heterocycles. The van der Waals surface area contributed by atoms with E-state index in [1.54, 1.807) is 0 Å². The number of carbonyl (C=O) groups is 1. The van der Waals surface area contributed by atoms with Gasteiger partial charge in [-0.05, 0) is 6.07 Å². The number of para-hydroxylation sites is 1. The maximum Gasteiger partial charge on any atom is 0.358 e. The molecule has 0 spiro atoms. The molecule has 21 heavy (non-hydrogen) atoms. The molecule has 2 rings (SSSR count). The van der Waals surface area contributed by atoms with E-state index in [1.165, 1.54) is 13.2 Å². The fraction of sp³-hybridized carbons (Fsp3) is 0.0833. The number of hydrogen-bond acceptors (Lipinski definition) is 7. The molecule has 0 N–H and O–H groups in total. The summed E-state index contributed by atoms with van der Waals surface area (Å²) in [6.45, 7) is 0. The number of nitrogens with zero attached hydrogens (tertiary/aromatic N) is 3. The Labute approximate surface area is 117 Å². The van der Waals surface area contributed by atoms with Crippen molar-refractivity contribution in [3.8, 4) is 11.6 Å². The number of rotatable bonds is 4. The van der Waals surface area contributed by atoms with Gasteiger partial charge < -0.3 is 9.47 Å². The normalized spacial score (nSPS) is 10.0. The van der Waals surface area contributed by atoms with Crippen molar-refractivity contribution in [2.24, 2.45) is 0 Å². The molecule has 0 bridgehead atoms. The Morgan fingerprint density at radius 1 is 1.33 bits per heavy atom. The first-order valence-corrected chi connectivity index (χ1v) is 5.54. The number of benzene rings is 1. The molecule has 0 amide bonds. The summed E-state index contributed by atoms with van der Waals surface area (Å²) in [6, 6.07) is 3.29. The highest BCUT2D eigenvalue weighted by Gasteiger charge is 2.21. The van der Waals surface area contributed by atoms with Gasteiger partial charge in [0.25, 0.3) is 0 Å². The molecular weight excluding hydrogens is 285 g/mol. The van der Waals surface area contributed by atoms with E-state index in [9.17, 15) is 19.3 Å². The molecular formula is C12H8FN3O5. The number of halogens is 1. The van der Waals surface area contributed by atoms with E-state index in [4.69, 9.17) is 4.74 Å². The summed E-state index contributed by atoms with van der Waals surface area (Å²) in [5, 5.41) is 10.8. The molecule has 0 atom stereocenters. The third-order valence-corrected chi connectivity index (χ3v) is 2.37. The molecule has 108 valence electrons. The Bertz CT molecular complexity index is 690. The Morgan fingerprint density at radius 3 is 2.67 bits per heavy atom. The summed E-state index contributed by atoms with van der Waals surface area (Å²) in [6.07, 6.45) is 2.08. The van der Waals surface area contributed by atoms with E-state index in [0.29, 0.717) is 0 Å². The molecule has 1 aromatic carbocycles. The monoisotopic (exact) mass is 293 g/mol. The number of nitro groups is 1. The lowest BCUT2D eigenvalue weighted by Gasteiger charge is -2.06. The first kappa shape index (κ1) is 14.3. The standard InChI is InChI=1S/C12H8FN3O5/c1-20-12(17)8-5-15-10(6-14-8)21-11-7(13)3-2-4-9(11)16(18)19/h2-6H,1H3. The van der Waals surface area contributed by atoms with Crippen molar-refractivity contribution >= 4 is 11.7 Å². The summed E-state index contributed by atoms with van der Waals surface area (Å²) >= 11 is 0. The molecule has 0 fully saturated rings. The first-order chi connectivity index (χ1) is 10.0. The van der Waals surface area contributed by atoms with Gasteiger partial charge in [0.2, 0.25) is 11.6 Å². The highest BCUT2D eigenvalue weighted by molar-refractivity contribution is 5.86. The predicted molar refractivity (Wildman–Crippen MR) is 66.5 cm³/mol. The van der Waals surface area contributed by atoms with Crippen LogP contribution in [0.25, 0.3) is 0 Å². The van der Waals surface area contributed by atoms with Crippen LogP contribution in [0.1, 0.15) is 10.5 Å². The van der Waals surface area contributed by atoms with E-state index in [-0.39, 0.29) is 11.6 Å². The van der Waals surface area contributed by atoms with Crippen molar-refractivity contribution in [1.82, 2.24) is 9.97 Å². The van der Waals surface area contributed by atoms with Crippen LogP contribution in [0.5, 0.6) is 11.6 Å². The average molecular weight is 293 g/mol. The maximum atomic E-state index is 13.6. The summed E-state index contributed by atoms with van der Waals surface area (Å²) in [7, 11) is 1.18. The third-order valence-electron chi connectivity index (χ3n) is 2.37. The van der Waals surface area contributed by atoms with Crippen molar-refractivity contribution in [3.05, 3.63) is 52.2 Å². The van der Waals surface area contributed by atoms with Crippen LogP contribution >= 0.6 is 0 Å². The average Bonchev–Trinajstić information content (AvgIpc) is 2.49. The van der Waals surface area contributed by atoms with E-state index in [0.717, 1.165) is 24.5 Å². The van der Waals surface area contributed by atoms with Crippen molar-refractivity contribution in [3.63, 3.8) is 0 Å². The number of ether oxygens (including phenoxy) is 2. The SMILES string of the molecule is COC(=O)c1cnc(Oc2c(F)cccc2[N+](=O)[O-])cn1. The van der Waals surface area contributed by atoms with Crippen molar-refractivity contribution in [1.29, 1.82) is 0 Å². The molecule has 9 heteroatoms. The van der Waals surface area contributed by atoms with Crippen LogP contribution in [0.15, 0.2) is 30.6 Å². The Balaban J connectivity index is 2.30. The number of carbonyl (C=O) groups excluding carboxylic acids is 1. The number of esters is 1. The van der Waals surface area contributed by atoms with Gasteiger partial charge in [-0.2, -0.15) is 0 Å². The molecule has 0 aliphatic rings. The lowest BCUT2D eigenvalue weighted by molar-refractivity contribution is -0.385. The predicted octanol–water partition coefficient (Wildman–Crippen LogP) is 2.10. The van der Waals surface area contributed by atoms with Gasteiger partial charge in [-0.1, -0.05) is 6.07 Å². The lowest BCUT2D eigenvalue weighted by atomic mass is 10.3. The minimum atomic E-state index is -0.914. The molecule has 0 radical (unpaired) electrons. The second-order valence-electron chi connectivity index (χ2n) is 3.68. The van der Waals surface area contributed by atoms with E-state index < -0.39 is 28.1 Å². The second-order valence-corrected chi connectivity index (χ2v) is 3.68. The van der Waals surface area contributed by atoms with E-state index >= 15 is 0 Å². The van der Waals surface area contributed by atoms with Gasteiger partial charge in [-0.15, -0.1) is 0 Å². The lowest BCUT2D eigenvalue weighted by Crippen LogP contribution is -2.05. The van der Waals surface area contributed by atoms with Gasteiger partial charge in [0.1, 0.15) is 0 Å². The molecule has 0 unspecified atom stereocenters. The van der Waals surface area contributed by atoms with Crippen LogP contribution in [-0.2, 0) is 4.74 Å². The van der Waals surface area contributed by atoms with Gasteiger partial charge in [-0.3, -0.25) is 10.1 Å². The van der Waals surface area contributed by atoms with Crippen LogP contribution in [0, 0.1) is 15.9 Å². The smallest absolute Gasteiger partial charge is 0.358 e. The summed E-state index contributed by atoms with van der Waals surface area (Å²) < 4.78 is 23.1. The Kier molecular flexibility index (Phi) is 4.02. The van der Waals surface area contributed by atoms with E-state index in [2.05, 4.69) is 14.7 Å². The van der Waals surface area contributed by atoms with Crippen LogP contribution in [-0.4, -0.2) is 28.0 Å². The maximum absolute atomic E-state index is 13.6. The Hall–Kier alpha value is -3.10. The molecule has 1 heterocycles. The minimum Gasteiger partial charge on any atom is -0.464 e. The van der Waals surface area contributed by atoms with Crippen LogP contribution in [0.3, 0.4) is 0 Å². The van der Waals surface area contributed by atoms with Gasteiger partial charge in [0, 0.05) is 6.07 Å². The van der Waals surface area contributed by atoms with Crippen molar-refractivity contribution in [2.45, 2.75) is 0 Å². The summed E-state index contributed by atoms with van der Waals surface area (Å²) in [5.41, 5.74) is -0.623. The number of aromatic nitrogens is 2. The molecule has 0 aliphatic heterocycles. The van der Waals surface area contributed by atoms with Crippen LogP contribution in [0.2, 0.25) is 0 Å². The van der Waals surface area contributed by atoms with Gasteiger partial charge in [-0.25, -0.2) is 19.2 Å². The topological polar surface area (TPSA) is 104 Å². The highest BCUT2D eigenvalue weighted by Crippen LogP contribution is 2.32. The zero-order valence-electron chi connectivity index (χ0n) is 10.6. The second kappa shape index (κ2) is 5.90. The molecule has 0 saturated carbocycles. The quantitative estimate of drug-likeness (QED) is 0.483. The molecule has 0 saturated heterocycles. The highest BCUT2D eigenvalue weighted by atomic mass is 19.1. The zero-order valence-corrected chi connectivity index (χ0v) is 10.6. The molecule has 8 nitrogen and oxygen atoms in total. The molecule has 2 aromatic rings. The van der Waals surface area contributed by atoms with Gasteiger partial charge >= 0.3 is 11.7 Å². The molecule has 0 aliphatic carbocycles. The van der Waals surface area contributed by atoms with Crippen molar-refractivity contribution < 1.29 is 23.6 Å². The number of nitro benzene ring substituents is 1. The zero-order chi connectivity index (χ0) is 15.4. The van der Waals surface area contributed by atoms with Gasteiger partial charge in [0.15, 0.2) is 11.5 Å². The first-order valence-electron chi connectivity index (χ1n) is 5.54. The number of hydrogen-bond donors (Lipinski definition) is 0. The van der Waals surface area contributed by atoms with Crippen LogP contribution < -0.4 is 4.74 Å².